The van der Waals surface area contributed by atoms with E-state index in [0.717, 1.165) is 5.56 Å². The number of hydrogen-bond acceptors (Lipinski definition) is 2. The first-order valence-electron chi connectivity index (χ1n) is 4.10. The van der Waals surface area contributed by atoms with Crippen LogP contribution in [-0.4, -0.2) is 5.11 Å². The maximum Gasteiger partial charge on any atom is 0.115 e. The molecule has 0 radical (unpaired) electrons. The maximum atomic E-state index is 9.11. The minimum Gasteiger partial charge on any atom is -0.508 e. The Hall–Kier alpha value is -1.28. The molecular formula is C11H10OS. The monoisotopic (exact) mass is 190 g/mol. The number of thiophene rings is 1. The molecule has 1 heterocycles. The predicted octanol–water partition coefficient (Wildman–Crippen LogP) is 3.43. The van der Waals surface area contributed by atoms with Crippen molar-refractivity contribution in [3.63, 3.8) is 0 Å². The molecule has 1 nitrogen and oxygen atoms in total. The van der Waals surface area contributed by atoms with E-state index in [-0.39, 0.29) is 0 Å². The van der Waals surface area contributed by atoms with Crippen LogP contribution in [0.3, 0.4) is 0 Å². The summed E-state index contributed by atoms with van der Waals surface area (Å²) < 4.78 is 0. The molecule has 2 heteroatoms. The summed E-state index contributed by atoms with van der Waals surface area (Å²) in [5, 5.41) is 11.2. The Balaban J connectivity index is 2.41. The lowest BCUT2D eigenvalue weighted by atomic mass is 10.2. The van der Waals surface area contributed by atoms with Crippen molar-refractivity contribution in [3.05, 3.63) is 41.3 Å². The second-order valence-electron chi connectivity index (χ2n) is 3.04. The molecule has 1 aromatic carbocycles. The average molecular weight is 190 g/mol. The Bertz CT molecular complexity index is 400. The van der Waals surface area contributed by atoms with Gasteiger partial charge >= 0.3 is 0 Å². The van der Waals surface area contributed by atoms with E-state index in [1.54, 1.807) is 23.5 Å². The van der Waals surface area contributed by atoms with Gasteiger partial charge in [-0.3, -0.25) is 0 Å². The number of aryl methyl sites for hydroxylation is 1. The van der Waals surface area contributed by atoms with E-state index in [9.17, 15) is 0 Å². The van der Waals surface area contributed by atoms with E-state index >= 15 is 0 Å². The number of aromatic hydroxyl groups is 1. The van der Waals surface area contributed by atoms with E-state index in [4.69, 9.17) is 5.11 Å². The molecule has 0 atom stereocenters. The lowest BCUT2D eigenvalue weighted by molar-refractivity contribution is 0.475. The first-order chi connectivity index (χ1) is 6.25. The van der Waals surface area contributed by atoms with Gasteiger partial charge in [-0.1, -0.05) is 0 Å². The molecule has 0 aliphatic rings. The summed E-state index contributed by atoms with van der Waals surface area (Å²) >= 11 is 1.73. The Morgan fingerprint density at radius 3 is 2.38 bits per heavy atom. The maximum absolute atomic E-state index is 9.11. The van der Waals surface area contributed by atoms with Crippen LogP contribution in [-0.2, 0) is 0 Å². The molecule has 0 aliphatic carbocycles. The van der Waals surface area contributed by atoms with Gasteiger partial charge in [0, 0.05) is 4.88 Å². The molecule has 0 bridgehead atoms. The first-order valence-corrected chi connectivity index (χ1v) is 4.98. The molecule has 66 valence electrons. The summed E-state index contributed by atoms with van der Waals surface area (Å²) in [6.07, 6.45) is 0. The van der Waals surface area contributed by atoms with Gasteiger partial charge in [-0.2, -0.15) is 0 Å². The quantitative estimate of drug-likeness (QED) is 0.730. The zero-order chi connectivity index (χ0) is 9.26. The summed E-state index contributed by atoms with van der Waals surface area (Å²) in [7, 11) is 0. The molecule has 0 saturated carbocycles. The van der Waals surface area contributed by atoms with Crippen LogP contribution in [0.15, 0.2) is 35.7 Å². The van der Waals surface area contributed by atoms with Gasteiger partial charge in [-0.15, -0.1) is 11.3 Å². The van der Waals surface area contributed by atoms with Crippen molar-refractivity contribution in [1.82, 2.24) is 0 Å². The fraction of sp³-hybridized carbons (Fsp3) is 0.0909. The van der Waals surface area contributed by atoms with Crippen LogP contribution in [0.1, 0.15) is 5.56 Å². The van der Waals surface area contributed by atoms with Gasteiger partial charge in [0.2, 0.25) is 0 Å². The Morgan fingerprint density at radius 1 is 1.15 bits per heavy atom. The SMILES string of the molecule is Cc1csc(-c2ccc(O)cc2)c1. The van der Waals surface area contributed by atoms with Crippen LogP contribution >= 0.6 is 11.3 Å². The van der Waals surface area contributed by atoms with Crippen LogP contribution in [0, 0.1) is 6.92 Å². The number of benzene rings is 1. The molecule has 0 aliphatic heterocycles. The molecule has 0 fully saturated rings. The van der Waals surface area contributed by atoms with E-state index < -0.39 is 0 Å². The standard InChI is InChI=1S/C11H10OS/c1-8-6-11(13-7-8)9-2-4-10(12)5-3-9/h2-7,12H,1H3. The number of phenols is 1. The summed E-state index contributed by atoms with van der Waals surface area (Å²) in [4.78, 5) is 1.25. The predicted molar refractivity (Wildman–Crippen MR) is 56.2 cm³/mol. The summed E-state index contributed by atoms with van der Waals surface area (Å²) in [6, 6.07) is 9.44. The highest BCUT2D eigenvalue weighted by molar-refractivity contribution is 7.13. The Morgan fingerprint density at radius 2 is 1.85 bits per heavy atom. The molecule has 13 heavy (non-hydrogen) atoms. The van der Waals surface area contributed by atoms with Crippen molar-refractivity contribution in [2.24, 2.45) is 0 Å². The second-order valence-corrected chi connectivity index (χ2v) is 3.95. The molecule has 0 saturated heterocycles. The first kappa shape index (κ1) is 8.32. The molecular weight excluding hydrogens is 180 g/mol. The van der Waals surface area contributed by atoms with Gasteiger partial charge in [-0.05, 0) is 53.8 Å². The topological polar surface area (TPSA) is 20.2 Å². The van der Waals surface area contributed by atoms with Gasteiger partial charge in [0.25, 0.3) is 0 Å². The zero-order valence-corrected chi connectivity index (χ0v) is 8.14. The smallest absolute Gasteiger partial charge is 0.115 e. The van der Waals surface area contributed by atoms with Crippen molar-refractivity contribution in [3.8, 4) is 16.2 Å². The van der Waals surface area contributed by atoms with Crippen molar-refractivity contribution >= 4 is 11.3 Å². The molecule has 2 rings (SSSR count). The van der Waals surface area contributed by atoms with Crippen molar-refractivity contribution < 1.29 is 5.11 Å². The Kier molecular flexibility index (Phi) is 2.07. The third kappa shape index (κ3) is 1.73. The highest BCUT2D eigenvalue weighted by atomic mass is 32.1. The molecule has 0 unspecified atom stereocenters. The van der Waals surface area contributed by atoms with E-state index in [0.29, 0.717) is 5.75 Å². The molecule has 0 spiro atoms. The molecule has 1 aromatic heterocycles. The average Bonchev–Trinajstić information content (AvgIpc) is 2.53. The fourth-order valence-corrected chi connectivity index (χ4v) is 2.12. The number of phenolic OH excluding ortho intramolecular Hbond substituents is 1. The lowest BCUT2D eigenvalue weighted by Crippen LogP contribution is -1.70. The Labute approximate surface area is 81.3 Å². The van der Waals surface area contributed by atoms with Crippen LogP contribution in [0.5, 0.6) is 5.75 Å². The van der Waals surface area contributed by atoms with Gasteiger partial charge in [-0.25, -0.2) is 0 Å². The van der Waals surface area contributed by atoms with Gasteiger partial charge < -0.3 is 5.11 Å². The summed E-state index contributed by atoms with van der Waals surface area (Å²) in [5.41, 5.74) is 2.45. The van der Waals surface area contributed by atoms with E-state index in [2.05, 4.69) is 18.4 Å². The normalized spacial score (nSPS) is 10.2. The van der Waals surface area contributed by atoms with Crippen LogP contribution in [0.2, 0.25) is 0 Å². The summed E-state index contributed by atoms with van der Waals surface area (Å²) in [5.74, 6) is 0.317. The highest BCUT2D eigenvalue weighted by Gasteiger charge is 1.99. The number of rotatable bonds is 1. The molecule has 0 amide bonds. The van der Waals surface area contributed by atoms with Crippen molar-refractivity contribution in [2.45, 2.75) is 6.92 Å². The van der Waals surface area contributed by atoms with Crippen molar-refractivity contribution in [2.75, 3.05) is 0 Å². The number of hydrogen-bond donors (Lipinski definition) is 1. The minimum absolute atomic E-state index is 0.317. The second kappa shape index (κ2) is 3.23. The fourth-order valence-electron chi connectivity index (χ4n) is 1.21. The van der Waals surface area contributed by atoms with E-state index in [1.165, 1.54) is 10.4 Å². The van der Waals surface area contributed by atoms with Crippen LogP contribution < -0.4 is 0 Å². The molecule has 2 aromatic rings. The van der Waals surface area contributed by atoms with Gasteiger partial charge in [0.15, 0.2) is 0 Å². The zero-order valence-electron chi connectivity index (χ0n) is 7.32. The van der Waals surface area contributed by atoms with Crippen molar-refractivity contribution in [1.29, 1.82) is 0 Å². The van der Waals surface area contributed by atoms with Crippen LogP contribution in [0.25, 0.3) is 10.4 Å². The molecule has 1 N–H and O–H groups in total. The third-order valence-electron chi connectivity index (χ3n) is 1.88. The third-order valence-corrected chi connectivity index (χ3v) is 2.98. The highest BCUT2D eigenvalue weighted by Crippen LogP contribution is 2.27. The largest absolute Gasteiger partial charge is 0.508 e. The van der Waals surface area contributed by atoms with E-state index in [1.807, 2.05) is 12.1 Å². The van der Waals surface area contributed by atoms with Gasteiger partial charge in [0.1, 0.15) is 5.75 Å². The van der Waals surface area contributed by atoms with Crippen LogP contribution in [0.4, 0.5) is 0 Å². The van der Waals surface area contributed by atoms with Gasteiger partial charge in [0.05, 0.1) is 0 Å². The minimum atomic E-state index is 0.317. The summed E-state index contributed by atoms with van der Waals surface area (Å²) in [6.45, 7) is 2.08. The lowest BCUT2D eigenvalue weighted by Gasteiger charge is -1.96.